The van der Waals surface area contributed by atoms with E-state index in [1.54, 1.807) is 6.92 Å². The summed E-state index contributed by atoms with van der Waals surface area (Å²) in [6, 6.07) is 3.76. The number of ether oxygens (including phenoxy) is 2. The SMILES string of the molecule is CCOC(=O)c1c(NC(=O)COC(=O)c2ccc(S(=O)(=O)C(F)F)cc2)sc2c1CC[C@H](C)C2. The summed E-state index contributed by atoms with van der Waals surface area (Å²) in [7, 11) is -4.79. The van der Waals surface area contributed by atoms with Crippen LogP contribution in [0.2, 0.25) is 0 Å². The highest BCUT2D eigenvalue weighted by Crippen LogP contribution is 2.40. The first-order valence-electron chi connectivity index (χ1n) is 10.4. The fourth-order valence-electron chi connectivity index (χ4n) is 3.52. The molecule has 1 aliphatic carbocycles. The summed E-state index contributed by atoms with van der Waals surface area (Å²) in [5, 5.41) is 2.94. The van der Waals surface area contributed by atoms with E-state index in [4.69, 9.17) is 9.47 Å². The summed E-state index contributed by atoms with van der Waals surface area (Å²) in [4.78, 5) is 37.5. The van der Waals surface area contributed by atoms with Crippen LogP contribution >= 0.6 is 11.3 Å². The number of hydrogen-bond donors (Lipinski definition) is 1. The van der Waals surface area contributed by atoms with Gasteiger partial charge in [-0.05, 0) is 61.9 Å². The van der Waals surface area contributed by atoms with E-state index in [9.17, 15) is 31.6 Å². The van der Waals surface area contributed by atoms with Gasteiger partial charge in [-0.2, -0.15) is 8.78 Å². The van der Waals surface area contributed by atoms with Crippen LogP contribution in [-0.4, -0.2) is 45.2 Å². The first-order valence-corrected chi connectivity index (χ1v) is 12.8. The van der Waals surface area contributed by atoms with Crippen molar-refractivity contribution < 1.29 is 41.1 Å². The first-order chi connectivity index (χ1) is 16.0. The molecule has 12 heteroatoms. The van der Waals surface area contributed by atoms with Gasteiger partial charge in [0.25, 0.3) is 5.91 Å². The third-order valence-corrected chi connectivity index (χ3v) is 7.80. The Bertz CT molecular complexity index is 1190. The number of carbonyl (C=O) groups is 3. The van der Waals surface area contributed by atoms with E-state index in [-0.39, 0.29) is 12.2 Å². The average molecular weight is 516 g/mol. The topological polar surface area (TPSA) is 116 Å². The first kappa shape index (κ1) is 25.8. The van der Waals surface area contributed by atoms with Crippen molar-refractivity contribution in [1.29, 1.82) is 0 Å². The van der Waals surface area contributed by atoms with Crippen LogP contribution in [0.3, 0.4) is 0 Å². The summed E-state index contributed by atoms with van der Waals surface area (Å²) >= 11 is 1.29. The van der Waals surface area contributed by atoms with Gasteiger partial charge in [-0.25, -0.2) is 18.0 Å². The highest BCUT2D eigenvalue weighted by molar-refractivity contribution is 7.91. The number of anilines is 1. The molecule has 1 aromatic carbocycles. The monoisotopic (exact) mass is 515 g/mol. The van der Waals surface area contributed by atoms with Crippen molar-refractivity contribution in [3.8, 4) is 0 Å². The number of hydrogen-bond acceptors (Lipinski definition) is 8. The molecule has 1 aromatic heterocycles. The van der Waals surface area contributed by atoms with Gasteiger partial charge in [0, 0.05) is 4.88 Å². The van der Waals surface area contributed by atoms with Gasteiger partial charge in [-0.1, -0.05) is 6.92 Å². The van der Waals surface area contributed by atoms with Crippen molar-refractivity contribution in [3.05, 3.63) is 45.8 Å². The molecule has 0 saturated carbocycles. The molecule has 1 N–H and O–H groups in total. The summed E-state index contributed by atoms with van der Waals surface area (Å²) in [6.07, 6.45) is 2.40. The molecule has 0 radical (unpaired) electrons. The van der Waals surface area contributed by atoms with Crippen LogP contribution in [0.4, 0.5) is 13.8 Å². The average Bonchev–Trinajstić information content (AvgIpc) is 3.14. The maximum Gasteiger partial charge on any atom is 0.341 e. The summed E-state index contributed by atoms with van der Waals surface area (Å²) in [6.45, 7) is 3.31. The maximum atomic E-state index is 12.6. The molecular weight excluding hydrogens is 492 g/mol. The summed E-state index contributed by atoms with van der Waals surface area (Å²) in [5.41, 5.74) is 1.07. The Morgan fingerprint density at radius 3 is 2.44 bits per heavy atom. The Morgan fingerprint density at radius 2 is 1.82 bits per heavy atom. The van der Waals surface area contributed by atoms with Crippen molar-refractivity contribution in [2.45, 2.75) is 43.8 Å². The third-order valence-electron chi connectivity index (χ3n) is 5.23. The zero-order valence-corrected chi connectivity index (χ0v) is 20.1. The molecule has 0 spiro atoms. The lowest BCUT2D eigenvalue weighted by Crippen LogP contribution is -2.22. The molecule has 1 aliphatic rings. The van der Waals surface area contributed by atoms with Crippen LogP contribution in [0.5, 0.6) is 0 Å². The van der Waals surface area contributed by atoms with E-state index >= 15 is 0 Å². The maximum absolute atomic E-state index is 12.6. The fourth-order valence-corrected chi connectivity index (χ4v) is 5.65. The third kappa shape index (κ3) is 5.61. The number of fused-ring (bicyclic) bond motifs is 1. The van der Waals surface area contributed by atoms with E-state index < -0.39 is 44.9 Å². The lowest BCUT2D eigenvalue weighted by Gasteiger charge is -2.18. The van der Waals surface area contributed by atoms with E-state index in [0.29, 0.717) is 22.9 Å². The van der Waals surface area contributed by atoms with Crippen LogP contribution in [0.15, 0.2) is 29.2 Å². The number of alkyl halides is 2. The second-order valence-corrected chi connectivity index (χ2v) is 10.8. The minimum atomic E-state index is -4.79. The molecule has 0 unspecified atom stereocenters. The summed E-state index contributed by atoms with van der Waals surface area (Å²) < 4.78 is 58.2. The van der Waals surface area contributed by atoms with Crippen molar-refractivity contribution in [3.63, 3.8) is 0 Å². The highest BCUT2D eigenvalue weighted by Gasteiger charge is 2.29. The normalized spacial score (nSPS) is 15.5. The van der Waals surface area contributed by atoms with Gasteiger partial charge in [0.15, 0.2) is 6.61 Å². The Balaban J connectivity index is 1.67. The summed E-state index contributed by atoms with van der Waals surface area (Å²) in [5.74, 6) is -5.28. The smallest absolute Gasteiger partial charge is 0.341 e. The fraction of sp³-hybridized carbons (Fsp3) is 0.409. The highest BCUT2D eigenvalue weighted by atomic mass is 32.2. The van der Waals surface area contributed by atoms with Gasteiger partial charge in [0.1, 0.15) is 5.00 Å². The molecule has 0 fully saturated rings. The van der Waals surface area contributed by atoms with Gasteiger partial charge in [0.05, 0.1) is 22.6 Å². The Kier molecular flexibility index (Phi) is 8.03. The Morgan fingerprint density at radius 1 is 1.15 bits per heavy atom. The molecule has 1 atom stereocenters. The van der Waals surface area contributed by atoms with Crippen molar-refractivity contribution in [2.75, 3.05) is 18.5 Å². The van der Waals surface area contributed by atoms with Crippen LogP contribution in [-0.2, 0) is 36.9 Å². The molecule has 8 nitrogen and oxygen atoms in total. The quantitative estimate of drug-likeness (QED) is 0.531. The van der Waals surface area contributed by atoms with Crippen LogP contribution in [0, 0.1) is 5.92 Å². The molecular formula is C22H23F2NO7S2. The number of rotatable bonds is 8. The number of esters is 2. The van der Waals surface area contributed by atoms with E-state index in [0.717, 1.165) is 47.5 Å². The van der Waals surface area contributed by atoms with Gasteiger partial charge < -0.3 is 14.8 Å². The molecule has 0 saturated heterocycles. The number of halogens is 2. The Hall–Kier alpha value is -2.86. The molecule has 1 heterocycles. The standard InChI is InChI=1S/C22H23F2NO7S2/c1-3-31-21(28)18-15-9-4-12(2)10-16(15)33-19(18)25-17(26)11-32-20(27)13-5-7-14(8-6-13)34(29,30)22(23)24/h5-8,12,22H,3-4,9-11H2,1-2H3,(H,25,26)/t12-/m0/s1. The van der Waals surface area contributed by atoms with E-state index in [2.05, 4.69) is 12.2 Å². The number of sulfone groups is 1. The zero-order chi connectivity index (χ0) is 25.0. The lowest BCUT2D eigenvalue weighted by atomic mass is 9.88. The lowest BCUT2D eigenvalue weighted by molar-refractivity contribution is -0.119. The van der Waals surface area contributed by atoms with Gasteiger partial charge in [0.2, 0.25) is 9.84 Å². The predicted molar refractivity (Wildman–Crippen MR) is 120 cm³/mol. The van der Waals surface area contributed by atoms with Crippen molar-refractivity contribution in [2.24, 2.45) is 5.92 Å². The number of benzene rings is 1. The van der Waals surface area contributed by atoms with E-state index in [1.165, 1.54) is 11.3 Å². The second-order valence-electron chi connectivity index (χ2n) is 7.73. The molecule has 184 valence electrons. The van der Waals surface area contributed by atoms with E-state index in [1.807, 2.05) is 0 Å². The number of thiophene rings is 1. The number of carbonyl (C=O) groups excluding carboxylic acids is 3. The van der Waals surface area contributed by atoms with Gasteiger partial charge in [-0.15, -0.1) is 11.3 Å². The zero-order valence-electron chi connectivity index (χ0n) is 18.4. The predicted octanol–water partition coefficient (Wildman–Crippen LogP) is 3.84. The van der Waals surface area contributed by atoms with Gasteiger partial charge >= 0.3 is 17.7 Å². The van der Waals surface area contributed by atoms with Gasteiger partial charge in [-0.3, -0.25) is 4.79 Å². The Labute approximate surface area is 199 Å². The molecule has 1 amide bonds. The largest absolute Gasteiger partial charge is 0.462 e. The molecule has 3 rings (SSSR count). The van der Waals surface area contributed by atoms with Crippen molar-refractivity contribution in [1.82, 2.24) is 0 Å². The molecule has 0 aliphatic heterocycles. The number of nitrogens with one attached hydrogen (secondary N) is 1. The van der Waals surface area contributed by atoms with Crippen LogP contribution < -0.4 is 5.32 Å². The van der Waals surface area contributed by atoms with Crippen molar-refractivity contribution >= 4 is 44.0 Å². The van der Waals surface area contributed by atoms with Crippen LogP contribution in [0.1, 0.15) is 51.4 Å². The molecule has 2 aromatic rings. The number of amides is 1. The minimum Gasteiger partial charge on any atom is -0.462 e. The molecule has 0 bridgehead atoms. The minimum absolute atomic E-state index is 0.117. The second kappa shape index (κ2) is 10.6. The molecule has 34 heavy (non-hydrogen) atoms. The van der Waals surface area contributed by atoms with Crippen LogP contribution in [0.25, 0.3) is 0 Å².